The van der Waals surface area contributed by atoms with Crippen molar-refractivity contribution >= 4 is 23.2 Å². The third-order valence-corrected chi connectivity index (χ3v) is 7.37. The van der Waals surface area contributed by atoms with E-state index in [-0.39, 0.29) is 41.0 Å². The smallest absolute Gasteiger partial charge is 0.383 e. The van der Waals surface area contributed by atoms with Crippen molar-refractivity contribution in [1.29, 1.82) is 0 Å². The Labute approximate surface area is 228 Å². The summed E-state index contributed by atoms with van der Waals surface area (Å²) in [7, 11) is 1.52. The van der Waals surface area contributed by atoms with Gasteiger partial charge in [-0.25, -0.2) is 0 Å². The summed E-state index contributed by atoms with van der Waals surface area (Å²) in [5, 5.41) is 5.49. The first-order valence-corrected chi connectivity index (χ1v) is 13.0. The number of hydrogen-bond donors (Lipinski definition) is 2. The number of carbonyl (C=O) groups is 2. The maximum absolute atomic E-state index is 13.3. The number of rotatable bonds is 7. The summed E-state index contributed by atoms with van der Waals surface area (Å²) in [5.41, 5.74) is 1.09. The van der Waals surface area contributed by atoms with E-state index in [9.17, 15) is 27.6 Å². The van der Waals surface area contributed by atoms with Crippen LogP contribution in [-0.2, 0) is 17.5 Å². The van der Waals surface area contributed by atoms with E-state index >= 15 is 0 Å². The average Bonchev–Trinajstić information content (AvgIpc) is 2.93. The van der Waals surface area contributed by atoms with Crippen LogP contribution in [-0.4, -0.2) is 49.7 Å². The highest BCUT2D eigenvalue weighted by Crippen LogP contribution is 2.39. The summed E-state index contributed by atoms with van der Waals surface area (Å²) < 4.78 is 46.6. The molecule has 2 aliphatic rings. The molecule has 1 aromatic heterocycles. The largest absolute Gasteiger partial charge is 0.416 e. The predicted molar refractivity (Wildman–Crippen MR) is 144 cm³/mol. The van der Waals surface area contributed by atoms with Gasteiger partial charge < -0.3 is 24.8 Å². The fourth-order valence-electron chi connectivity index (χ4n) is 5.55. The maximum atomic E-state index is 13.3. The Morgan fingerprint density at radius 2 is 1.75 bits per heavy atom. The number of pyridine rings is 1. The molecule has 1 saturated heterocycles. The first kappa shape index (κ1) is 27.4. The number of hydrogen-bond acceptors (Lipinski definition) is 5. The molecule has 2 amide bonds. The molecule has 2 N–H and O–H groups in total. The average molecular weight is 555 g/mol. The van der Waals surface area contributed by atoms with Gasteiger partial charge in [0.05, 0.1) is 23.5 Å². The fourth-order valence-corrected chi connectivity index (χ4v) is 5.55. The van der Waals surface area contributed by atoms with Crippen LogP contribution in [0.1, 0.15) is 44.3 Å². The molecule has 3 aromatic rings. The van der Waals surface area contributed by atoms with E-state index < -0.39 is 17.6 Å². The van der Waals surface area contributed by atoms with Crippen molar-refractivity contribution in [2.45, 2.75) is 25.1 Å². The van der Waals surface area contributed by atoms with Gasteiger partial charge in [0.15, 0.2) is 0 Å². The molecule has 8 nitrogen and oxygen atoms in total. The number of alkyl halides is 3. The normalized spacial score (nSPS) is 18.1. The number of aromatic nitrogens is 1. The van der Waals surface area contributed by atoms with Gasteiger partial charge in [0.1, 0.15) is 0 Å². The fraction of sp³-hybridized carbons (Fsp3) is 0.345. The van der Waals surface area contributed by atoms with Crippen molar-refractivity contribution in [3.8, 4) is 0 Å². The van der Waals surface area contributed by atoms with Crippen LogP contribution >= 0.6 is 0 Å². The molecule has 11 heteroatoms. The summed E-state index contributed by atoms with van der Waals surface area (Å²) in [6.45, 7) is 2.38. The maximum Gasteiger partial charge on any atom is 0.416 e. The van der Waals surface area contributed by atoms with Crippen LogP contribution in [0.25, 0.3) is 0 Å². The Morgan fingerprint density at radius 1 is 0.975 bits per heavy atom. The van der Waals surface area contributed by atoms with E-state index in [1.165, 1.54) is 25.3 Å². The van der Waals surface area contributed by atoms with Gasteiger partial charge in [-0.3, -0.25) is 14.4 Å². The quantitative estimate of drug-likeness (QED) is 0.429. The van der Waals surface area contributed by atoms with Crippen molar-refractivity contribution in [3.63, 3.8) is 0 Å². The Morgan fingerprint density at radius 3 is 2.52 bits per heavy atom. The molecule has 0 aliphatic carbocycles. The van der Waals surface area contributed by atoms with Crippen molar-refractivity contribution < 1.29 is 27.5 Å². The summed E-state index contributed by atoms with van der Waals surface area (Å²) in [6, 6.07) is 14.4. The molecule has 0 saturated carbocycles. The van der Waals surface area contributed by atoms with E-state index in [0.717, 1.165) is 24.2 Å². The van der Waals surface area contributed by atoms with Gasteiger partial charge in [-0.1, -0.05) is 12.1 Å². The van der Waals surface area contributed by atoms with Crippen LogP contribution in [0.15, 0.2) is 65.5 Å². The topological polar surface area (TPSA) is 92.7 Å². The minimum absolute atomic E-state index is 0.0291. The molecule has 3 heterocycles. The third-order valence-electron chi connectivity index (χ3n) is 7.37. The predicted octanol–water partition coefficient (Wildman–Crippen LogP) is 4.12. The molecular weight excluding hydrogens is 525 g/mol. The number of nitrogens with zero attached hydrogens (tertiary/aromatic N) is 2. The van der Waals surface area contributed by atoms with Gasteiger partial charge in [0.25, 0.3) is 17.4 Å². The standard InChI is InChI=1S/C29H29F3N4O4/c1-40-11-10-33-27(38)20-8-9-25(23(14-20)34-28(39)19-4-2-5-22(13-19)29(30,31)32)35-15-18-12-21(17-35)24-6-3-7-26(37)36(24)16-18/h2-9,13-14,18,21H,10-12,15-17H2,1H3,(H,33,38)(H,34,39)/t18-,21+/m1/s1. The monoisotopic (exact) mass is 554 g/mol. The molecule has 0 radical (unpaired) electrons. The molecule has 0 spiro atoms. The summed E-state index contributed by atoms with van der Waals surface area (Å²) in [5.74, 6) is -0.818. The Balaban J connectivity index is 1.47. The van der Waals surface area contributed by atoms with E-state index in [0.29, 0.717) is 37.6 Å². The van der Waals surface area contributed by atoms with Crippen LogP contribution in [0.5, 0.6) is 0 Å². The number of anilines is 2. The first-order chi connectivity index (χ1) is 19.1. The zero-order valence-corrected chi connectivity index (χ0v) is 21.8. The van der Waals surface area contributed by atoms with Gasteiger partial charge in [-0.05, 0) is 54.8 Å². The molecule has 0 unspecified atom stereocenters. The lowest BCUT2D eigenvalue weighted by molar-refractivity contribution is -0.137. The Bertz CT molecular complexity index is 1490. The highest BCUT2D eigenvalue weighted by atomic mass is 19.4. The number of halogens is 3. The van der Waals surface area contributed by atoms with Crippen LogP contribution < -0.4 is 21.1 Å². The van der Waals surface area contributed by atoms with E-state index in [1.54, 1.807) is 24.3 Å². The number of carbonyl (C=O) groups excluding carboxylic acids is 2. The van der Waals surface area contributed by atoms with Gasteiger partial charge in [-0.2, -0.15) is 13.2 Å². The molecule has 1 fully saturated rings. The van der Waals surface area contributed by atoms with E-state index in [4.69, 9.17) is 4.74 Å². The van der Waals surface area contributed by atoms with Crippen LogP contribution in [0.3, 0.4) is 0 Å². The van der Waals surface area contributed by atoms with Crippen molar-refractivity contribution in [2.75, 3.05) is 43.6 Å². The van der Waals surface area contributed by atoms with Crippen LogP contribution in [0, 0.1) is 5.92 Å². The van der Waals surface area contributed by atoms with Crippen molar-refractivity contribution in [3.05, 3.63) is 93.4 Å². The molecule has 2 aliphatic heterocycles. The number of benzene rings is 2. The lowest BCUT2D eigenvalue weighted by atomic mass is 9.83. The second kappa shape index (κ2) is 11.2. The number of amides is 2. The SMILES string of the molecule is COCCNC(=O)c1ccc(N2C[C@H]3C[C@@H](C2)c2cccc(=O)n2C3)c(NC(=O)c2cccc(C(F)(F)F)c2)c1. The Hall–Kier alpha value is -4.12. The van der Waals surface area contributed by atoms with Gasteiger partial charge in [0.2, 0.25) is 0 Å². The molecule has 40 heavy (non-hydrogen) atoms. The highest BCUT2D eigenvalue weighted by molar-refractivity contribution is 6.07. The van der Waals surface area contributed by atoms with Gasteiger partial charge in [-0.15, -0.1) is 0 Å². The minimum atomic E-state index is -4.59. The number of methoxy groups -OCH3 is 1. The molecule has 2 bridgehead atoms. The second-order valence-electron chi connectivity index (χ2n) is 10.1. The molecule has 5 rings (SSSR count). The zero-order valence-electron chi connectivity index (χ0n) is 21.8. The van der Waals surface area contributed by atoms with Gasteiger partial charge >= 0.3 is 6.18 Å². The lowest BCUT2D eigenvalue weighted by Gasteiger charge is -2.44. The van der Waals surface area contributed by atoms with Crippen LogP contribution in [0.2, 0.25) is 0 Å². The summed E-state index contributed by atoms with van der Waals surface area (Å²) in [6.07, 6.45) is -3.67. The first-order valence-electron chi connectivity index (χ1n) is 13.0. The van der Waals surface area contributed by atoms with E-state index in [1.807, 2.05) is 10.6 Å². The Kier molecular flexibility index (Phi) is 7.66. The van der Waals surface area contributed by atoms with Gasteiger partial charge in [0, 0.05) is 62.1 Å². The minimum Gasteiger partial charge on any atom is -0.383 e. The molecule has 210 valence electrons. The van der Waals surface area contributed by atoms with E-state index in [2.05, 4.69) is 15.5 Å². The highest BCUT2D eigenvalue weighted by Gasteiger charge is 2.36. The number of piperidine rings is 1. The second-order valence-corrected chi connectivity index (χ2v) is 10.1. The number of nitrogens with one attached hydrogen (secondary N) is 2. The summed E-state index contributed by atoms with van der Waals surface area (Å²) in [4.78, 5) is 40.4. The van der Waals surface area contributed by atoms with Crippen LogP contribution in [0.4, 0.5) is 24.5 Å². The number of ether oxygens (including phenoxy) is 1. The third kappa shape index (κ3) is 5.74. The molecule has 2 aromatic carbocycles. The molecular formula is C29H29F3N4O4. The zero-order chi connectivity index (χ0) is 28.4. The lowest BCUT2D eigenvalue weighted by Crippen LogP contribution is -2.47. The summed E-state index contributed by atoms with van der Waals surface area (Å²) >= 11 is 0. The molecule has 2 atom stereocenters. The van der Waals surface area contributed by atoms with Crippen molar-refractivity contribution in [1.82, 2.24) is 9.88 Å². The van der Waals surface area contributed by atoms with Crippen molar-refractivity contribution in [2.24, 2.45) is 5.92 Å². The number of fused-ring (bicyclic) bond motifs is 4.